The summed E-state index contributed by atoms with van der Waals surface area (Å²) in [5, 5.41) is 9.63. The van der Waals surface area contributed by atoms with E-state index in [9.17, 15) is 0 Å². The predicted octanol–water partition coefficient (Wildman–Crippen LogP) is 15.1. The molecule has 0 aliphatic carbocycles. The van der Waals surface area contributed by atoms with Gasteiger partial charge in [-0.3, -0.25) is 0 Å². The molecule has 0 fully saturated rings. The van der Waals surface area contributed by atoms with Crippen LogP contribution in [-0.2, 0) is 0 Å². The number of aromatic nitrogens is 4. The van der Waals surface area contributed by atoms with Crippen LogP contribution in [0.25, 0.3) is 126 Å². The molecule has 13 rings (SSSR count). The highest BCUT2D eigenvalue weighted by atomic mass is 32.1. The van der Waals surface area contributed by atoms with Gasteiger partial charge in [0.1, 0.15) is 11.2 Å². The minimum absolute atomic E-state index is 0.582. The van der Waals surface area contributed by atoms with Crippen molar-refractivity contribution in [1.29, 1.82) is 0 Å². The van der Waals surface area contributed by atoms with E-state index in [1.165, 1.54) is 52.8 Å². The van der Waals surface area contributed by atoms with Gasteiger partial charge in [0.15, 0.2) is 17.5 Å². The van der Waals surface area contributed by atoms with E-state index in [0.717, 1.165) is 55.3 Å². The van der Waals surface area contributed by atoms with Crippen molar-refractivity contribution < 1.29 is 4.42 Å². The number of hydrogen-bond acceptors (Lipinski definition) is 5. The maximum Gasteiger partial charge on any atom is 0.164 e. The fourth-order valence-corrected chi connectivity index (χ4v) is 10.4. The van der Waals surface area contributed by atoms with Crippen LogP contribution >= 0.6 is 11.3 Å². The average Bonchev–Trinajstić information content (AvgIpc) is 4.01. The lowest BCUT2D eigenvalue weighted by atomic mass is 9.99. The molecule has 284 valence electrons. The van der Waals surface area contributed by atoms with Crippen molar-refractivity contribution in [3.05, 3.63) is 194 Å². The summed E-state index contributed by atoms with van der Waals surface area (Å²) in [6, 6.07) is 68.7. The Morgan fingerprint density at radius 1 is 0.393 bits per heavy atom. The zero-order valence-corrected chi connectivity index (χ0v) is 33.4. The van der Waals surface area contributed by atoms with Gasteiger partial charge in [0.2, 0.25) is 0 Å². The van der Waals surface area contributed by atoms with Gasteiger partial charge in [-0.05, 0) is 64.9 Å². The van der Waals surface area contributed by atoms with Crippen LogP contribution in [0, 0.1) is 0 Å². The lowest BCUT2D eigenvalue weighted by Crippen LogP contribution is -2.01. The fraction of sp³-hybridized carbons (Fsp3) is 0. The first kappa shape index (κ1) is 34.0. The SMILES string of the molecule is c1ccc(-c2nc(-c3cccc(-n4c5ccc6ccccc6c5c5cccc(-c6ccc7c(c6)sc6ccccc67)c54)c3)nc(-c3ccc4c(c3)oc3ccccc34)n2)cc1. The molecule has 13 aromatic rings. The normalized spacial score (nSPS) is 11.9. The van der Waals surface area contributed by atoms with Gasteiger partial charge in [0.25, 0.3) is 0 Å². The van der Waals surface area contributed by atoms with Crippen LogP contribution in [0.1, 0.15) is 0 Å². The molecule has 9 aromatic carbocycles. The van der Waals surface area contributed by atoms with E-state index in [1.54, 1.807) is 0 Å². The summed E-state index contributed by atoms with van der Waals surface area (Å²) in [6.07, 6.45) is 0. The summed E-state index contributed by atoms with van der Waals surface area (Å²) in [5.41, 5.74) is 10.0. The molecular formula is C55H32N4OS. The number of para-hydroxylation sites is 2. The van der Waals surface area contributed by atoms with Gasteiger partial charge in [-0.15, -0.1) is 11.3 Å². The summed E-state index contributed by atoms with van der Waals surface area (Å²) >= 11 is 1.85. The Balaban J connectivity index is 1.03. The number of rotatable bonds is 5. The molecule has 0 saturated heterocycles. The van der Waals surface area contributed by atoms with E-state index in [4.69, 9.17) is 19.4 Å². The van der Waals surface area contributed by atoms with Gasteiger partial charge in [-0.2, -0.15) is 0 Å². The Morgan fingerprint density at radius 2 is 1.03 bits per heavy atom. The number of hydrogen-bond donors (Lipinski definition) is 0. The standard InChI is InChI=1S/C55H32N4OS/c1-2-13-34(14-3-1)53-56-54(58-55(57-53)37-25-27-42-41-18-6-8-22-47(41)60-48(42)31-37)36-15-10-16-38(30-36)59-46-29-26-33-12-4-5-17-39(33)51(46)45-21-11-20-40(52(45)59)35-24-28-44-43-19-7-9-23-49(43)61-50(44)32-35/h1-32H. The summed E-state index contributed by atoms with van der Waals surface area (Å²) in [7, 11) is 0. The maximum absolute atomic E-state index is 6.30. The molecule has 5 nitrogen and oxygen atoms in total. The Hall–Kier alpha value is -7.93. The molecule has 0 unspecified atom stereocenters. The summed E-state index contributed by atoms with van der Waals surface area (Å²) in [4.78, 5) is 15.4. The smallest absolute Gasteiger partial charge is 0.164 e. The largest absolute Gasteiger partial charge is 0.456 e. The molecule has 0 amide bonds. The molecule has 0 atom stereocenters. The predicted molar refractivity (Wildman–Crippen MR) is 254 cm³/mol. The molecule has 61 heavy (non-hydrogen) atoms. The minimum atomic E-state index is 0.582. The van der Waals surface area contributed by atoms with E-state index in [-0.39, 0.29) is 0 Å². The number of fused-ring (bicyclic) bond motifs is 11. The van der Waals surface area contributed by atoms with E-state index in [1.807, 2.05) is 65.9 Å². The van der Waals surface area contributed by atoms with E-state index in [2.05, 4.69) is 144 Å². The zero-order valence-electron chi connectivity index (χ0n) is 32.6. The second-order valence-corrected chi connectivity index (χ2v) is 16.6. The quantitative estimate of drug-likeness (QED) is 0.174. The van der Waals surface area contributed by atoms with Crippen LogP contribution < -0.4 is 0 Å². The maximum atomic E-state index is 6.30. The lowest BCUT2D eigenvalue weighted by Gasteiger charge is -2.14. The first-order valence-corrected chi connectivity index (χ1v) is 21.2. The third-order valence-corrected chi connectivity index (χ3v) is 13.2. The van der Waals surface area contributed by atoms with Crippen molar-refractivity contribution in [2.75, 3.05) is 0 Å². The lowest BCUT2D eigenvalue weighted by molar-refractivity contribution is 0.669. The first-order chi connectivity index (χ1) is 30.2. The number of benzene rings is 9. The Bertz CT molecular complexity index is 3900. The number of nitrogens with zero attached hydrogens (tertiary/aromatic N) is 4. The van der Waals surface area contributed by atoms with Gasteiger partial charge in [-0.25, -0.2) is 15.0 Å². The average molecular weight is 797 g/mol. The Morgan fingerprint density at radius 3 is 1.92 bits per heavy atom. The van der Waals surface area contributed by atoms with E-state index < -0.39 is 0 Å². The number of furan rings is 1. The molecule has 4 aromatic heterocycles. The van der Waals surface area contributed by atoms with Crippen molar-refractivity contribution in [2.45, 2.75) is 0 Å². The monoisotopic (exact) mass is 796 g/mol. The summed E-state index contributed by atoms with van der Waals surface area (Å²) < 4.78 is 11.3. The molecule has 0 aliphatic heterocycles. The van der Waals surface area contributed by atoms with E-state index >= 15 is 0 Å². The molecular weight excluding hydrogens is 765 g/mol. The van der Waals surface area contributed by atoms with Gasteiger partial charge in [0, 0.05) is 69.7 Å². The van der Waals surface area contributed by atoms with Crippen molar-refractivity contribution in [2.24, 2.45) is 0 Å². The third-order valence-electron chi connectivity index (χ3n) is 12.0. The topological polar surface area (TPSA) is 56.7 Å². The number of thiophene rings is 1. The van der Waals surface area contributed by atoms with E-state index in [0.29, 0.717) is 17.5 Å². The van der Waals surface area contributed by atoms with Gasteiger partial charge >= 0.3 is 0 Å². The Labute approximate surface area is 353 Å². The van der Waals surface area contributed by atoms with Gasteiger partial charge in [0.05, 0.1) is 11.0 Å². The highest BCUT2D eigenvalue weighted by Crippen LogP contribution is 2.43. The molecule has 0 spiro atoms. The highest BCUT2D eigenvalue weighted by Gasteiger charge is 2.21. The van der Waals surface area contributed by atoms with Crippen LogP contribution in [0.15, 0.2) is 199 Å². The Kier molecular flexibility index (Phi) is 7.41. The van der Waals surface area contributed by atoms with Gasteiger partial charge < -0.3 is 8.98 Å². The second kappa shape index (κ2) is 13.3. The van der Waals surface area contributed by atoms with Crippen molar-refractivity contribution >= 4 is 86.0 Å². The van der Waals surface area contributed by atoms with Crippen LogP contribution in [-0.4, -0.2) is 19.5 Å². The van der Waals surface area contributed by atoms with Crippen molar-refractivity contribution in [1.82, 2.24) is 19.5 Å². The zero-order chi connectivity index (χ0) is 40.0. The minimum Gasteiger partial charge on any atom is -0.456 e. The molecule has 0 saturated carbocycles. The summed E-state index contributed by atoms with van der Waals surface area (Å²) in [5.74, 6) is 1.79. The fourth-order valence-electron chi connectivity index (χ4n) is 9.23. The first-order valence-electron chi connectivity index (χ1n) is 20.4. The second-order valence-electron chi connectivity index (χ2n) is 15.6. The van der Waals surface area contributed by atoms with Crippen LogP contribution in [0.5, 0.6) is 0 Å². The molecule has 0 N–H and O–H groups in total. The molecule has 6 heteroatoms. The van der Waals surface area contributed by atoms with Crippen LogP contribution in [0.4, 0.5) is 0 Å². The molecule has 0 bridgehead atoms. The highest BCUT2D eigenvalue weighted by molar-refractivity contribution is 7.25. The third kappa shape index (κ3) is 5.36. The van der Waals surface area contributed by atoms with Crippen molar-refractivity contribution in [3.63, 3.8) is 0 Å². The molecule has 4 heterocycles. The molecule has 0 aliphatic rings. The molecule has 0 radical (unpaired) electrons. The van der Waals surface area contributed by atoms with Crippen LogP contribution in [0.2, 0.25) is 0 Å². The van der Waals surface area contributed by atoms with Crippen LogP contribution in [0.3, 0.4) is 0 Å². The summed E-state index contributed by atoms with van der Waals surface area (Å²) in [6.45, 7) is 0. The van der Waals surface area contributed by atoms with Crippen molar-refractivity contribution in [3.8, 4) is 51.0 Å². The van der Waals surface area contributed by atoms with Gasteiger partial charge in [-0.1, -0.05) is 146 Å².